The second-order valence-electron chi connectivity index (χ2n) is 6.57. The van der Waals surface area contributed by atoms with Crippen molar-refractivity contribution in [3.05, 3.63) is 75.4 Å². The van der Waals surface area contributed by atoms with Crippen molar-refractivity contribution in [3.63, 3.8) is 0 Å². The summed E-state index contributed by atoms with van der Waals surface area (Å²) in [5.41, 5.74) is 3.28. The fraction of sp³-hybridized carbons (Fsp3) is 0.286. The molecule has 0 fully saturated rings. The highest BCUT2D eigenvalue weighted by Gasteiger charge is 2.22. The van der Waals surface area contributed by atoms with Gasteiger partial charge in [0.25, 0.3) is 0 Å². The zero-order valence-electron chi connectivity index (χ0n) is 14.6. The predicted octanol–water partition coefficient (Wildman–Crippen LogP) is 3.89. The van der Waals surface area contributed by atoms with E-state index in [-0.39, 0.29) is 11.4 Å². The molecule has 134 valence electrons. The summed E-state index contributed by atoms with van der Waals surface area (Å²) in [6, 6.07) is 12.0. The third kappa shape index (κ3) is 3.22. The van der Waals surface area contributed by atoms with Crippen molar-refractivity contribution in [1.82, 2.24) is 4.90 Å². The number of hydrogen-bond donors (Lipinski definition) is 0. The summed E-state index contributed by atoms with van der Waals surface area (Å²) >= 11 is 0. The lowest BCUT2D eigenvalue weighted by atomic mass is 10.0. The zero-order chi connectivity index (χ0) is 18.1. The van der Waals surface area contributed by atoms with Crippen molar-refractivity contribution in [2.75, 3.05) is 13.3 Å². The summed E-state index contributed by atoms with van der Waals surface area (Å²) in [5.74, 6) is 0.546. The van der Waals surface area contributed by atoms with Crippen LogP contribution in [-0.2, 0) is 19.4 Å². The molecule has 0 spiro atoms. The minimum Gasteiger partial charge on any atom is -0.478 e. The summed E-state index contributed by atoms with van der Waals surface area (Å²) in [5, 5.41) is 0.967. The number of nitrogens with zero attached hydrogens (tertiary/aromatic N) is 1. The molecule has 1 aliphatic rings. The van der Waals surface area contributed by atoms with Crippen molar-refractivity contribution in [2.45, 2.75) is 26.3 Å². The van der Waals surface area contributed by atoms with Crippen LogP contribution < -0.4 is 10.4 Å². The molecule has 0 atom stereocenters. The van der Waals surface area contributed by atoms with E-state index in [1.54, 1.807) is 18.2 Å². The smallest absolute Gasteiger partial charge is 0.336 e. The van der Waals surface area contributed by atoms with Gasteiger partial charge in [-0.1, -0.05) is 19.1 Å². The Balaban J connectivity index is 1.60. The Hall–Kier alpha value is -2.66. The number of fused-ring (bicyclic) bond motifs is 3. The topological polar surface area (TPSA) is 42.7 Å². The van der Waals surface area contributed by atoms with Crippen molar-refractivity contribution in [1.29, 1.82) is 0 Å². The molecule has 2 heterocycles. The van der Waals surface area contributed by atoms with E-state index in [9.17, 15) is 9.18 Å². The van der Waals surface area contributed by atoms with Crippen LogP contribution in [0.5, 0.6) is 5.75 Å². The van der Waals surface area contributed by atoms with Crippen LogP contribution in [0.15, 0.2) is 51.7 Å². The molecule has 3 aromatic rings. The first-order chi connectivity index (χ1) is 12.6. The Morgan fingerprint density at radius 3 is 2.73 bits per heavy atom. The monoisotopic (exact) mass is 353 g/mol. The first-order valence-corrected chi connectivity index (χ1v) is 8.82. The minimum absolute atomic E-state index is 0.225. The fourth-order valence-corrected chi connectivity index (χ4v) is 3.42. The lowest BCUT2D eigenvalue weighted by Crippen LogP contribution is -2.33. The molecule has 0 N–H and O–H groups in total. The predicted molar refractivity (Wildman–Crippen MR) is 97.9 cm³/mol. The van der Waals surface area contributed by atoms with Gasteiger partial charge < -0.3 is 9.15 Å². The van der Waals surface area contributed by atoms with Crippen LogP contribution in [-0.4, -0.2) is 18.2 Å². The summed E-state index contributed by atoms with van der Waals surface area (Å²) < 4.78 is 24.4. The van der Waals surface area contributed by atoms with Gasteiger partial charge in [0.2, 0.25) is 0 Å². The summed E-state index contributed by atoms with van der Waals surface area (Å²) in [7, 11) is 0. The highest BCUT2D eigenvalue weighted by Crippen LogP contribution is 2.33. The minimum atomic E-state index is -0.328. The lowest BCUT2D eigenvalue weighted by molar-refractivity contribution is 0.0968. The van der Waals surface area contributed by atoms with Gasteiger partial charge in [0, 0.05) is 24.5 Å². The van der Waals surface area contributed by atoms with E-state index in [4.69, 9.17) is 9.15 Å². The fourth-order valence-electron chi connectivity index (χ4n) is 3.42. The number of hydrogen-bond acceptors (Lipinski definition) is 4. The number of aryl methyl sites for hydroxylation is 1. The molecule has 1 aromatic heterocycles. The van der Waals surface area contributed by atoms with Gasteiger partial charge in [-0.25, -0.2) is 9.18 Å². The van der Waals surface area contributed by atoms with Gasteiger partial charge in [-0.3, -0.25) is 4.90 Å². The highest BCUT2D eigenvalue weighted by molar-refractivity contribution is 5.85. The van der Waals surface area contributed by atoms with E-state index in [0.717, 1.165) is 47.2 Å². The number of ether oxygens (including phenoxy) is 1. The average Bonchev–Trinajstić information content (AvgIpc) is 2.66. The van der Waals surface area contributed by atoms with Crippen LogP contribution in [0.3, 0.4) is 0 Å². The highest BCUT2D eigenvalue weighted by atomic mass is 19.1. The van der Waals surface area contributed by atoms with Crippen LogP contribution in [0.2, 0.25) is 0 Å². The van der Waals surface area contributed by atoms with E-state index in [2.05, 4.69) is 4.90 Å². The largest absolute Gasteiger partial charge is 0.478 e. The Kier molecular flexibility index (Phi) is 4.47. The van der Waals surface area contributed by atoms with E-state index < -0.39 is 0 Å². The van der Waals surface area contributed by atoms with Crippen LogP contribution in [0.25, 0.3) is 11.0 Å². The Labute approximate surface area is 150 Å². The lowest BCUT2D eigenvalue weighted by Gasteiger charge is -2.29. The Bertz CT molecular complexity index is 995. The molecule has 1 aliphatic heterocycles. The molecule has 2 aromatic carbocycles. The summed E-state index contributed by atoms with van der Waals surface area (Å²) in [4.78, 5) is 14.1. The van der Waals surface area contributed by atoms with E-state index in [1.807, 2.05) is 19.1 Å². The molecule has 5 heteroatoms. The zero-order valence-corrected chi connectivity index (χ0v) is 14.6. The molecule has 0 unspecified atom stereocenters. The Morgan fingerprint density at radius 2 is 1.96 bits per heavy atom. The molecule has 0 saturated heterocycles. The van der Waals surface area contributed by atoms with Crippen LogP contribution in [0, 0.1) is 5.82 Å². The molecule has 0 amide bonds. The van der Waals surface area contributed by atoms with Gasteiger partial charge in [-0.05, 0) is 48.2 Å². The second-order valence-corrected chi connectivity index (χ2v) is 6.57. The van der Waals surface area contributed by atoms with Crippen molar-refractivity contribution in [3.8, 4) is 5.75 Å². The number of benzene rings is 2. The molecule has 4 nitrogen and oxygen atoms in total. The van der Waals surface area contributed by atoms with Crippen LogP contribution in [0.1, 0.15) is 23.6 Å². The number of rotatable bonds is 4. The van der Waals surface area contributed by atoms with E-state index in [1.165, 1.54) is 12.1 Å². The standard InChI is InChI=1S/C21H20FNO3/c1-2-15-11-20(24)26-21-17(15)7-8-19-18(21)12-23(13-25-19)10-9-14-3-5-16(22)6-4-14/h3-8,11H,2,9-10,12-13H2,1H3. The maximum absolute atomic E-state index is 13.0. The Morgan fingerprint density at radius 1 is 1.15 bits per heavy atom. The van der Waals surface area contributed by atoms with Crippen LogP contribution >= 0.6 is 0 Å². The normalized spacial score (nSPS) is 14.2. The van der Waals surface area contributed by atoms with Gasteiger partial charge in [0.05, 0.1) is 5.56 Å². The van der Waals surface area contributed by atoms with E-state index in [0.29, 0.717) is 18.9 Å². The summed E-state index contributed by atoms with van der Waals surface area (Å²) in [6.45, 7) is 3.94. The molecule has 0 radical (unpaired) electrons. The maximum atomic E-state index is 13.0. The van der Waals surface area contributed by atoms with Crippen molar-refractivity contribution >= 4 is 11.0 Å². The van der Waals surface area contributed by atoms with Gasteiger partial charge in [-0.15, -0.1) is 0 Å². The second kappa shape index (κ2) is 6.92. The molecular formula is C21H20FNO3. The first-order valence-electron chi connectivity index (χ1n) is 8.82. The molecule has 26 heavy (non-hydrogen) atoms. The van der Waals surface area contributed by atoms with E-state index >= 15 is 0 Å². The first kappa shape index (κ1) is 16.8. The van der Waals surface area contributed by atoms with Gasteiger partial charge in [0.1, 0.15) is 23.9 Å². The molecule has 4 rings (SSSR count). The van der Waals surface area contributed by atoms with Gasteiger partial charge in [0.15, 0.2) is 0 Å². The summed E-state index contributed by atoms with van der Waals surface area (Å²) in [6.07, 6.45) is 1.57. The third-order valence-corrected chi connectivity index (χ3v) is 4.85. The SMILES string of the molecule is CCc1cc(=O)oc2c3c(ccc12)OCN(CCc1ccc(F)cc1)C3. The number of halogens is 1. The van der Waals surface area contributed by atoms with Crippen molar-refractivity contribution in [2.24, 2.45) is 0 Å². The quantitative estimate of drug-likeness (QED) is 0.668. The molecule has 0 saturated carbocycles. The van der Waals surface area contributed by atoms with Gasteiger partial charge >= 0.3 is 5.63 Å². The molecule has 0 aliphatic carbocycles. The molecule has 0 bridgehead atoms. The van der Waals surface area contributed by atoms with Gasteiger partial charge in [-0.2, -0.15) is 0 Å². The third-order valence-electron chi connectivity index (χ3n) is 4.85. The molecular weight excluding hydrogens is 333 g/mol. The maximum Gasteiger partial charge on any atom is 0.336 e. The van der Waals surface area contributed by atoms with Crippen molar-refractivity contribution < 1.29 is 13.5 Å². The van der Waals surface area contributed by atoms with Crippen LogP contribution in [0.4, 0.5) is 4.39 Å². The average molecular weight is 353 g/mol.